The number of urea groups is 1. The van der Waals surface area contributed by atoms with E-state index in [9.17, 15) is 9.59 Å². The zero-order valence-electron chi connectivity index (χ0n) is 16.8. The molecule has 7 nitrogen and oxygen atoms in total. The van der Waals surface area contributed by atoms with Gasteiger partial charge in [0.05, 0.1) is 18.2 Å². The van der Waals surface area contributed by atoms with Crippen molar-refractivity contribution in [3.8, 4) is 11.5 Å². The number of nitrogens with one attached hydrogen (secondary N) is 2. The molecule has 0 spiro atoms. The second-order valence-corrected chi connectivity index (χ2v) is 7.37. The minimum absolute atomic E-state index is 0.0610. The molecule has 0 unspecified atom stereocenters. The Morgan fingerprint density at radius 2 is 1.97 bits per heavy atom. The summed E-state index contributed by atoms with van der Waals surface area (Å²) >= 11 is 0. The Morgan fingerprint density at radius 1 is 1.24 bits per heavy atom. The molecule has 0 aliphatic carbocycles. The Hall–Kier alpha value is -3.48. The first kappa shape index (κ1) is 20.3. The van der Waals surface area contributed by atoms with E-state index in [1.54, 1.807) is 60.6 Å². The number of methoxy groups -OCH3 is 1. The zero-order chi connectivity index (χ0) is 21.0. The molecule has 29 heavy (non-hydrogen) atoms. The van der Waals surface area contributed by atoms with Crippen molar-refractivity contribution in [3.63, 3.8) is 0 Å². The van der Waals surface area contributed by atoms with Crippen LogP contribution in [-0.4, -0.2) is 32.2 Å². The van der Waals surface area contributed by atoms with Crippen LogP contribution >= 0.6 is 0 Å². The van der Waals surface area contributed by atoms with Crippen molar-refractivity contribution < 1.29 is 19.1 Å². The van der Waals surface area contributed by atoms with Gasteiger partial charge in [-0.15, -0.1) is 6.58 Å². The minimum atomic E-state index is -0.667. The van der Waals surface area contributed by atoms with Gasteiger partial charge in [-0.1, -0.05) is 12.1 Å². The maximum atomic E-state index is 12.9. The van der Waals surface area contributed by atoms with Crippen LogP contribution in [0, 0.1) is 5.41 Å². The predicted molar refractivity (Wildman–Crippen MR) is 114 cm³/mol. The minimum Gasteiger partial charge on any atom is -0.497 e. The number of hydrogen-bond donors (Lipinski definition) is 2. The molecule has 0 aromatic heterocycles. The van der Waals surface area contributed by atoms with Crippen LogP contribution in [0.3, 0.4) is 0 Å². The topological polar surface area (TPSA) is 79.9 Å². The van der Waals surface area contributed by atoms with E-state index >= 15 is 0 Å². The van der Waals surface area contributed by atoms with Gasteiger partial charge < -0.3 is 25.0 Å². The average Bonchev–Trinajstić information content (AvgIpc) is 2.78. The Balaban J connectivity index is 1.82. The lowest BCUT2D eigenvalue weighted by Gasteiger charge is -2.27. The SMILES string of the molecule is C=CCN1C(=O)C(C)(C)COc2ccc(NC(=O)Nc3cccc(OC)c3)cc21. The summed E-state index contributed by atoms with van der Waals surface area (Å²) in [6, 6.07) is 11.9. The van der Waals surface area contributed by atoms with E-state index < -0.39 is 11.4 Å². The van der Waals surface area contributed by atoms with Gasteiger partial charge in [0.1, 0.15) is 18.1 Å². The number of carbonyl (C=O) groups is 2. The van der Waals surface area contributed by atoms with Gasteiger partial charge in [0, 0.05) is 24.0 Å². The van der Waals surface area contributed by atoms with Crippen molar-refractivity contribution in [3.05, 3.63) is 55.1 Å². The molecule has 1 aliphatic heterocycles. The zero-order valence-corrected chi connectivity index (χ0v) is 16.8. The average molecular weight is 395 g/mol. The number of amides is 3. The second-order valence-electron chi connectivity index (χ2n) is 7.37. The summed E-state index contributed by atoms with van der Waals surface area (Å²) in [4.78, 5) is 27.0. The fourth-order valence-electron chi connectivity index (χ4n) is 3.03. The van der Waals surface area contributed by atoms with Crippen LogP contribution in [0.1, 0.15) is 13.8 Å². The van der Waals surface area contributed by atoms with E-state index in [1.165, 1.54) is 0 Å². The fraction of sp³-hybridized carbons (Fsp3) is 0.273. The number of benzene rings is 2. The van der Waals surface area contributed by atoms with E-state index in [4.69, 9.17) is 9.47 Å². The van der Waals surface area contributed by atoms with Crippen LogP contribution in [0.15, 0.2) is 55.1 Å². The molecule has 3 rings (SSSR count). The van der Waals surface area contributed by atoms with Crippen molar-refractivity contribution in [2.45, 2.75) is 13.8 Å². The molecule has 0 bridgehead atoms. The van der Waals surface area contributed by atoms with Crippen molar-refractivity contribution in [1.29, 1.82) is 0 Å². The quantitative estimate of drug-likeness (QED) is 0.741. The highest BCUT2D eigenvalue weighted by Gasteiger charge is 2.37. The summed E-state index contributed by atoms with van der Waals surface area (Å²) in [6.45, 7) is 8.06. The van der Waals surface area contributed by atoms with Gasteiger partial charge in [0.2, 0.25) is 5.91 Å². The predicted octanol–water partition coefficient (Wildman–Crippen LogP) is 4.28. The lowest BCUT2D eigenvalue weighted by Crippen LogP contribution is -2.42. The molecule has 1 aliphatic rings. The van der Waals surface area contributed by atoms with Crippen LogP contribution in [0.2, 0.25) is 0 Å². The first-order chi connectivity index (χ1) is 13.8. The third-order valence-electron chi connectivity index (χ3n) is 4.56. The van der Waals surface area contributed by atoms with Crippen molar-refractivity contribution >= 4 is 29.0 Å². The molecule has 0 saturated carbocycles. The maximum absolute atomic E-state index is 12.9. The maximum Gasteiger partial charge on any atom is 0.323 e. The van der Waals surface area contributed by atoms with Crippen molar-refractivity contribution in [2.24, 2.45) is 5.41 Å². The number of nitrogens with zero attached hydrogens (tertiary/aromatic N) is 1. The highest BCUT2D eigenvalue weighted by Crippen LogP contribution is 2.38. The molecule has 0 radical (unpaired) electrons. The van der Waals surface area contributed by atoms with Crippen molar-refractivity contribution in [1.82, 2.24) is 0 Å². The van der Waals surface area contributed by atoms with Gasteiger partial charge in [-0.3, -0.25) is 4.79 Å². The molecular weight excluding hydrogens is 370 g/mol. The third-order valence-corrected chi connectivity index (χ3v) is 4.56. The number of hydrogen-bond acceptors (Lipinski definition) is 4. The summed E-state index contributed by atoms with van der Waals surface area (Å²) in [7, 11) is 1.56. The standard InChI is InChI=1S/C22H25N3O4/c1-5-11-25-18-13-16(9-10-19(18)29-14-22(2,3)20(25)26)24-21(27)23-15-7-6-8-17(12-15)28-4/h5-10,12-13H,1,11,14H2,2-4H3,(H2,23,24,27). The van der Waals surface area contributed by atoms with Gasteiger partial charge in [-0.25, -0.2) is 4.79 Å². The molecule has 2 aromatic carbocycles. The lowest BCUT2D eigenvalue weighted by molar-refractivity contribution is -0.127. The molecule has 0 saturated heterocycles. The van der Waals surface area contributed by atoms with Crippen LogP contribution < -0.4 is 25.0 Å². The number of ether oxygens (including phenoxy) is 2. The monoisotopic (exact) mass is 395 g/mol. The first-order valence-electron chi connectivity index (χ1n) is 9.26. The molecule has 0 fully saturated rings. The van der Waals surface area contributed by atoms with E-state index in [0.717, 1.165) is 0 Å². The van der Waals surface area contributed by atoms with Crippen LogP contribution in [0.25, 0.3) is 0 Å². The third kappa shape index (κ3) is 4.51. The summed E-state index contributed by atoms with van der Waals surface area (Å²) in [6.07, 6.45) is 1.67. The largest absolute Gasteiger partial charge is 0.497 e. The van der Waals surface area contributed by atoms with Crippen LogP contribution in [0.4, 0.5) is 21.9 Å². The number of rotatable bonds is 5. The number of anilines is 3. The first-order valence-corrected chi connectivity index (χ1v) is 9.26. The molecule has 3 amide bonds. The molecule has 0 atom stereocenters. The lowest BCUT2D eigenvalue weighted by atomic mass is 9.93. The summed E-state index contributed by atoms with van der Waals surface area (Å²) in [5.41, 5.74) is 1.07. The van der Waals surface area contributed by atoms with E-state index in [2.05, 4.69) is 17.2 Å². The van der Waals surface area contributed by atoms with E-state index in [1.807, 2.05) is 13.8 Å². The van der Waals surface area contributed by atoms with Gasteiger partial charge in [0.25, 0.3) is 0 Å². The van der Waals surface area contributed by atoms with E-state index in [-0.39, 0.29) is 12.5 Å². The van der Waals surface area contributed by atoms with Gasteiger partial charge >= 0.3 is 6.03 Å². The second kappa shape index (κ2) is 8.26. The number of carbonyl (C=O) groups excluding carboxylic acids is 2. The number of fused-ring (bicyclic) bond motifs is 1. The summed E-state index contributed by atoms with van der Waals surface area (Å²) in [5.74, 6) is 1.17. The molecule has 2 aromatic rings. The Morgan fingerprint density at radius 3 is 2.66 bits per heavy atom. The molecular formula is C22H25N3O4. The summed E-state index contributed by atoms with van der Waals surface area (Å²) in [5, 5.41) is 5.54. The Labute approximate surface area is 170 Å². The smallest absolute Gasteiger partial charge is 0.323 e. The Kier molecular flexibility index (Phi) is 5.77. The van der Waals surface area contributed by atoms with Gasteiger partial charge in [-0.2, -0.15) is 0 Å². The van der Waals surface area contributed by atoms with Gasteiger partial charge in [-0.05, 0) is 44.2 Å². The van der Waals surface area contributed by atoms with E-state index in [0.29, 0.717) is 35.1 Å². The highest BCUT2D eigenvalue weighted by atomic mass is 16.5. The highest BCUT2D eigenvalue weighted by molar-refractivity contribution is 6.02. The van der Waals surface area contributed by atoms with Crippen LogP contribution in [-0.2, 0) is 4.79 Å². The van der Waals surface area contributed by atoms with Crippen LogP contribution in [0.5, 0.6) is 11.5 Å². The molecule has 7 heteroatoms. The molecule has 2 N–H and O–H groups in total. The normalized spacial score (nSPS) is 14.9. The molecule has 152 valence electrons. The Bertz CT molecular complexity index is 939. The fourth-order valence-corrected chi connectivity index (χ4v) is 3.03. The molecule has 1 heterocycles. The van der Waals surface area contributed by atoms with Gasteiger partial charge in [0.15, 0.2) is 0 Å². The van der Waals surface area contributed by atoms with Crippen molar-refractivity contribution in [2.75, 3.05) is 35.8 Å². The summed E-state index contributed by atoms with van der Waals surface area (Å²) < 4.78 is 11.0.